The van der Waals surface area contributed by atoms with Crippen molar-refractivity contribution < 1.29 is 4.79 Å². The van der Waals surface area contributed by atoms with Gasteiger partial charge in [-0.1, -0.05) is 42.5 Å². The van der Waals surface area contributed by atoms with Crippen LogP contribution in [0.25, 0.3) is 11.3 Å². The highest BCUT2D eigenvalue weighted by molar-refractivity contribution is 7.14. The summed E-state index contributed by atoms with van der Waals surface area (Å²) in [5.74, 6) is -0.471. The number of carbonyl (C=O) groups is 1. The van der Waals surface area contributed by atoms with Crippen LogP contribution >= 0.6 is 11.3 Å². The first-order valence-electron chi connectivity index (χ1n) is 10.8. The lowest BCUT2D eigenvalue weighted by molar-refractivity contribution is -0.116. The summed E-state index contributed by atoms with van der Waals surface area (Å²) in [6.07, 6.45) is 4.85. The van der Waals surface area contributed by atoms with Crippen molar-refractivity contribution in [1.29, 1.82) is 0 Å². The SMILES string of the molecule is O=C(Cn1c(=O)ccn(Cc2ccccc2)c1=O)Nc1nc(-c2ccc3c(c2)CCC3)cs1. The zero-order valence-electron chi connectivity index (χ0n) is 17.9. The Kier molecular flexibility index (Phi) is 5.75. The molecule has 33 heavy (non-hydrogen) atoms. The number of thiazole rings is 1. The summed E-state index contributed by atoms with van der Waals surface area (Å²) in [6.45, 7) is -0.0563. The molecular formula is C25H22N4O3S. The number of carbonyl (C=O) groups excluding carboxylic acids is 1. The molecule has 0 aliphatic heterocycles. The molecule has 166 valence electrons. The number of benzene rings is 2. The second-order valence-electron chi connectivity index (χ2n) is 8.06. The minimum atomic E-state index is -0.528. The van der Waals surface area contributed by atoms with Crippen LogP contribution in [0, 0.1) is 0 Å². The van der Waals surface area contributed by atoms with Gasteiger partial charge in [0.1, 0.15) is 6.54 Å². The molecule has 0 fully saturated rings. The number of aryl methyl sites for hydroxylation is 2. The summed E-state index contributed by atoms with van der Waals surface area (Å²) in [5, 5.41) is 5.05. The average Bonchev–Trinajstić information content (AvgIpc) is 3.48. The standard InChI is InChI=1S/C25H22N4O3S/c30-22(15-29-23(31)11-12-28(25(29)32)14-17-5-2-1-3-6-17)27-24-26-21(16-33-24)20-10-9-18-7-4-8-19(18)13-20/h1-3,5-6,9-13,16H,4,7-8,14-15H2,(H,26,27,30). The summed E-state index contributed by atoms with van der Waals surface area (Å²) in [5.41, 5.74) is 4.46. The van der Waals surface area contributed by atoms with E-state index >= 15 is 0 Å². The summed E-state index contributed by atoms with van der Waals surface area (Å²) in [6, 6.07) is 17.1. The monoisotopic (exact) mass is 458 g/mol. The van der Waals surface area contributed by atoms with E-state index < -0.39 is 17.2 Å². The number of aromatic nitrogens is 3. The van der Waals surface area contributed by atoms with Crippen LogP contribution < -0.4 is 16.6 Å². The smallest absolute Gasteiger partial charge is 0.300 e. The molecule has 0 bridgehead atoms. The molecule has 0 spiro atoms. The normalized spacial score (nSPS) is 12.5. The van der Waals surface area contributed by atoms with Crippen molar-refractivity contribution in [1.82, 2.24) is 14.1 Å². The highest BCUT2D eigenvalue weighted by atomic mass is 32.1. The van der Waals surface area contributed by atoms with E-state index in [1.54, 1.807) is 0 Å². The zero-order valence-corrected chi connectivity index (χ0v) is 18.7. The third kappa shape index (κ3) is 4.56. The van der Waals surface area contributed by atoms with Gasteiger partial charge in [-0.25, -0.2) is 9.78 Å². The van der Waals surface area contributed by atoms with Gasteiger partial charge in [0.25, 0.3) is 5.56 Å². The van der Waals surface area contributed by atoms with Crippen LogP contribution in [-0.4, -0.2) is 20.0 Å². The molecule has 7 nitrogen and oxygen atoms in total. The van der Waals surface area contributed by atoms with E-state index in [1.165, 1.54) is 45.7 Å². The maximum Gasteiger partial charge on any atom is 0.331 e. The van der Waals surface area contributed by atoms with Crippen LogP contribution in [0.2, 0.25) is 0 Å². The summed E-state index contributed by atoms with van der Waals surface area (Å²) in [4.78, 5) is 42.2. The Labute approximate surface area is 194 Å². The van der Waals surface area contributed by atoms with Gasteiger partial charge in [-0.15, -0.1) is 11.3 Å². The Hall–Kier alpha value is -3.78. The Morgan fingerprint density at radius 2 is 1.85 bits per heavy atom. The number of rotatable bonds is 6. The van der Waals surface area contributed by atoms with Crippen LogP contribution in [0.5, 0.6) is 0 Å². The molecular weight excluding hydrogens is 436 g/mol. The molecule has 2 aromatic carbocycles. The van der Waals surface area contributed by atoms with Gasteiger partial charge in [0.2, 0.25) is 5.91 Å². The highest BCUT2D eigenvalue weighted by Gasteiger charge is 2.15. The number of hydrogen-bond donors (Lipinski definition) is 1. The zero-order chi connectivity index (χ0) is 22.8. The highest BCUT2D eigenvalue weighted by Crippen LogP contribution is 2.30. The van der Waals surface area contributed by atoms with Crippen LogP contribution in [0.15, 0.2) is 75.8 Å². The lowest BCUT2D eigenvalue weighted by Crippen LogP contribution is -2.41. The van der Waals surface area contributed by atoms with Gasteiger partial charge in [0, 0.05) is 23.2 Å². The van der Waals surface area contributed by atoms with Gasteiger partial charge in [0.15, 0.2) is 5.13 Å². The lowest BCUT2D eigenvalue weighted by Gasteiger charge is -2.09. The predicted octanol–water partition coefficient (Wildman–Crippen LogP) is 3.31. The van der Waals surface area contributed by atoms with Crippen molar-refractivity contribution >= 4 is 22.4 Å². The van der Waals surface area contributed by atoms with Crippen molar-refractivity contribution in [3.8, 4) is 11.3 Å². The van der Waals surface area contributed by atoms with E-state index in [0.717, 1.165) is 34.2 Å². The molecule has 1 amide bonds. The molecule has 0 radical (unpaired) electrons. The van der Waals surface area contributed by atoms with E-state index in [-0.39, 0.29) is 6.54 Å². The van der Waals surface area contributed by atoms with Gasteiger partial charge in [0.05, 0.1) is 12.2 Å². The fourth-order valence-electron chi connectivity index (χ4n) is 4.10. The number of hydrogen-bond acceptors (Lipinski definition) is 5. The number of nitrogens with zero attached hydrogens (tertiary/aromatic N) is 3. The van der Waals surface area contributed by atoms with Crippen LogP contribution in [0.1, 0.15) is 23.1 Å². The van der Waals surface area contributed by atoms with E-state index in [1.807, 2.05) is 35.7 Å². The molecule has 0 unspecified atom stereocenters. The first-order valence-corrected chi connectivity index (χ1v) is 11.7. The van der Waals surface area contributed by atoms with Gasteiger partial charge in [-0.2, -0.15) is 0 Å². The molecule has 1 aliphatic rings. The Bertz CT molecular complexity index is 1440. The lowest BCUT2D eigenvalue weighted by atomic mass is 10.1. The largest absolute Gasteiger partial charge is 0.331 e. The second kappa shape index (κ2) is 8.99. The molecule has 1 N–H and O–H groups in total. The second-order valence-corrected chi connectivity index (χ2v) is 8.92. The third-order valence-electron chi connectivity index (χ3n) is 5.78. The first kappa shape index (κ1) is 21.1. The van der Waals surface area contributed by atoms with Crippen molar-refractivity contribution in [3.63, 3.8) is 0 Å². The number of anilines is 1. The van der Waals surface area contributed by atoms with Gasteiger partial charge in [-0.3, -0.25) is 18.7 Å². The first-order chi connectivity index (χ1) is 16.1. The minimum Gasteiger partial charge on any atom is -0.300 e. The van der Waals surface area contributed by atoms with Crippen molar-refractivity contribution in [2.24, 2.45) is 0 Å². The minimum absolute atomic E-state index is 0.318. The summed E-state index contributed by atoms with van der Waals surface area (Å²) in [7, 11) is 0. The maximum absolute atomic E-state index is 12.8. The Balaban J connectivity index is 1.30. The molecule has 5 rings (SSSR count). The molecule has 1 aliphatic carbocycles. The predicted molar refractivity (Wildman–Crippen MR) is 129 cm³/mol. The third-order valence-corrected chi connectivity index (χ3v) is 6.54. The molecule has 0 saturated heterocycles. The van der Waals surface area contributed by atoms with E-state index in [9.17, 15) is 14.4 Å². The van der Waals surface area contributed by atoms with Crippen LogP contribution in [0.4, 0.5) is 5.13 Å². The van der Waals surface area contributed by atoms with Crippen LogP contribution in [0.3, 0.4) is 0 Å². The average molecular weight is 459 g/mol. The molecule has 2 aromatic heterocycles. The molecule has 2 heterocycles. The molecule has 0 atom stereocenters. The van der Waals surface area contributed by atoms with Crippen molar-refractivity contribution in [2.75, 3.05) is 5.32 Å². The Morgan fingerprint density at radius 1 is 1.03 bits per heavy atom. The van der Waals surface area contributed by atoms with Gasteiger partial charge >= 0.3 is 5.69 Å². The number of fused-ring (bicyclic) bond motifs is 1. The topological polar surface area (TPSA) is 86.0 Å². The number of amides is 1. The quantitative estimate of drug-likeness (QED) is 0.480. The van der Waals surface area contributed by atoms with Crippen molar-refractivity contribution in [3.05, 3.63) is 104 Å². The molecule has 4 aromatic rings. The van der Waals surface area contributed by atoms with Gasteiger partial charge < -0.3 is 5.32 Å². The summed E-state index contributed by atoms with van der Waals surface area (Å²) < 4.78 is 2.35. The fourth-order valence-corrected chi connectivity index (χ4v) is 4.84. The number of nitrogens with one attached hydrogen (secondary N) is 1. The summed E-state index contributed by atoms with van der Waals surface area (Å²) >= 11 is 1.32. The van der Waals surface area contributed by atoms with E-state index in [2.05, 4.69) is 28.5 Å². The molecule has 0 saturated carbocycles. The molecule has 8 heteroatoms. The Morgan fingerprint density at radius 3 is 2.70 bits per heavy atom. The van der Waals surface area contributed by atoms with Crippen molar-refractivity contribution in [2.45, 2.75) is 32.4 Å². The van der Waals surface area contributed by atoms with Crippen LogP contribution in [-0.2, 0) is 30.7 Å². The van der Waals surface area contributed by atoms with Gasteiger partial charge in [-0.05, 0) is 42.0 Å². The van der Waals surface area contributed by atoms with E-state index in [0.29, 0.717) is 11.7 Å². The maximum atomic E-state index is 12.8. The van der Waals surface area contributed by atoms with E-state index in [4.69, 9.17) is 0 Å². The fraction of sp³-hybridized carbons (Fsp3) is 0.200.